The van der Waals surface area contributed by atoms with Crippen LogP contribution < -0.4 is 0 Å². The molecule has 2 rings (SSSR count). The van der Waals surface area contributed by atoms with Gasteiger partial charge < -0.3 is 0 Å². The maximum atomic E-state index is 11.5. The summed E-state index contributed by atoms with van der Waals surface area (Å²) in [5.74, 6) is 1.40. The van der Waals surface area contributed by atoms with E-state index in [-0.39, 0.29) is 6.04 Å². The van der Waals surface area contributed by atoms with Gasteiger partial charge in [0.2, 0.25) is 0 Å². The highest BCUT2D eigenvalue weighted by molar-refractivity contribution is 5.85. The molecule has 2 fully saturated rings. The number of rotatable bonds is 4. The van der Waals surface area contributed by atoms with Crippen LogP contribution in [0.5, 0.6) is 0 Å². The SMILES string of the molecule is CCN(CC1CC1)C1CCCC1=O. The van der Waals surface area contributed by atoms with Crippen molar-refractivity contribution in [2.45, 2.75) is 45.1 Å². The van der Waals surface area contributed by atoms with Gasteiger partial charge in [-0.1, -0.05) is 6.92 Å². The van der Waals surface area contributed by atoms with Crippen molar-refractivity contribution in [1.29, 1.82) is 0 Å². The number of nitrogens with zero attached hydrogens (tertiary/aromatic N) is 1. The van der Waals surface area contributed by atoms with Gasteiger partial charge in [0, 0.05) is 13.0 Å². The van der Waals surface area contributed by atoms with E-state index in [1.165, 1.54) is 19.4 Å². The third-order valence-electron chi connectivity index (χ3n) is 3.31. The van der Waals surface area contributed by atoms with E-state index in [1.807, 2.05) is 0 Å². The van der Waals surface area contributed by atoms with Crippen molar-refractivity contribution in [1.82, 2.24) is 4.90 Å². The third kappa shape index (κ3) is 2.11. The third-order valence-corrected chi connectivity index (χ3v) is 3.31. The van der Waals surface area contributed by atoms with Crippen molar-refractivity contribution in [3.63, 3.8) is 0 Å². The van der Waals surface area contributed by atoms with E-state index in [1.54, 1.807) is 0 Å². The molecule has 2 heteroatoms. The molecule has 2 aliphatic rings. The van der Waals surface area contributed by atoms with Crippen LogP contribution in [0, 0.1) is 5.92 Å². The summed E-state index contributed by atoms with van der Waals surface area (Å²) in [4.78, 5) is 13.9. The van der Waals surface area contributed by atoms with Crippen molar-refractivity contribution in [3.05, 3.63) is 0 Å². The van der Waals surface area contributed by atoms with E-state index in [0.29, 0.717) is 5.78 Å². The predicted molar refractivity (Wildman–Crippen MR) is 52.6 cm³/mol. The van der Waals surface area contributed by atoms with Gasteiger partial charge in [0.05, 0.1) is 6.04 Å². The van der Waals surface area contributed by atoms with E-state index in [9.17, 15) is 4.79 Å². The summed E-state index contributed by atoms with van der Waals surface area (Å²) in [5.41, 5.74) is 0. The molecular weight excluding hydrogens is 162 g/mol. The van der Waals surface area contributed by atoms with Crippen LogP contribution in [0.15, 0.2) is 0 Å². The topological polar surface area (TPSA) is 20.3 Å². The van der Waals surface area contributed by atoms with Crippen LogP contribution in [-0.4, -0.2) is 29.8 Å². The highest BCUT2D eigenvalue weighted by Crippen LogP contribution is 2.31. The maximum absolute atomic E-state index is 11.5. The number of Topliss-reactive ketones (excluding diaryl/α,β-unsaturated/α-hetero) is 1. The molecule has 13 heavy (non-hydrogen) atoms. The first kappa shape index (κ1) is 9.20. The van der Waals surface area contributed by atoms with Gasteiger partial charge in [-0.25, -0.2) is 0 Å². The van der Waals surface area contributed by atoms with Gasteiger partial charge in [0.15, 0.2) is 0 Å². The molecule has 2 aliphatic carbocycles. The van der Waals surface area contributed by atoms with Gasteiger partial charge in [-0.2, -0.15) is 0 Å². The van der Waals surface area contributed by atoms with E-state index in [2.05, 4.69) is 11.8 Å². The zero-order chi connectivity index (χ0) is 9.26. The smallest absolute Gasteiger partial charge is 0.149 e. The average Bonchev–Trinajstić information content (AvgIpc) is 2.85. The minimum absolute atomic E-state index is 0.283. The molecule has 0 radical (unpaired) electrons. The second-order valence-electron chi connectivity index (χ2n) is 4.41. The summed E-state index contributed by atoms with van der Waals surface area (Å²) in [6, 6.07) is 0.283. The van der Waals surface area contributed by atoms with E-state index < -0.39 is 0 Å². The van der Waals surface area contributed by atoms with Gasteiger partial charge in [-0.3, -0.25) is 9.69 Å². The average molecular weight is 181 g/mol. The minimum atomic E-state index is 0.283. The summed E-state index contributed by atoms with van der Waals surface area (Å²) >= 11 is 0. The lowest BCUT2D eigenvalue weighted by molar-refractivity contribution is -0.121. The molecule has 0 amide bonds. The molecule has 0 heterocycles. The van der Waals surface area contributed by atoms with E-state index in [4.69, 9.17) is 0 Å². The Morgan fingerprint density at radius 2 is 2.15 bits per heavy atom. The Balaban J connectivity index is 1.89. The first-order chi connectivity index (χ1) is 6.31. The van der Waals surface area contributed by atoms with E-state index >= 15 is 0 Å². The first-order valence-electron chi connectivity index (χ1n) is 5.58. The first-order valence-corrected chi connectivity index (χ1v) is 5.58. The van der Waals surface area contributed by atoms with Gasteiger partial charge in [-0.15, -0.1) is 0 Å². The number of ketones is 1. The van der Waals surface area contributed by atoms with Crippen LogP contribution in [0.25, 0.3) is 0 Å². The van der Waals surface area contributed by atoms with Crippen LogP contribution in [0.1, 0.15) is 39.0 Å². The Morgan fingerprint density at radius 3 is 2.62 bits per heavy atom. The lowest BCUT2D eigenvalue weighted by Gasteiger charge is -2.25. The molecule has 1 atom stereocenters. The van der Waals surface area contributed by atoms with Gasteiger partial charge >= 0.3 is 0 Å². The maximum Gasteiger partial charge on any atom is 0.149 e. The molecule has 0 N–H and O–H groups in total. The number of hydrogen-bond donors (Lipinski definition) is 0. The molecule has 0 aromatic heterocycles. The van der Waals surface area contributed by atoms with Crippen molar-refractivity contribution >= 4 is 5.78 Å². The summed E-state index contributed by atoms with van der Waals surface area (Å²) in [6.45, 7) is 4.40. The lowest BCUT2D eigenvalue weighted by Crippen LogP contribution is -2.39. The molecule has 0 bridgehead atoms. The standard InChI is InChI=1S/C11H19NO/c1-2-12(8-9-6-7-9)10-4-3-5-11(10)13/h9-10H,2-8H2,1H3. The van der Waals surface area contributed by atoms with Crippen molar-refractivity contribution < 1.29 is 4.79 Å². The Bertz CT molecular complexity index is 198. The van der Waals surface area contributed by atoms with E-state index in [0.717, 1.165) is 31.7 Å². The number of hydrogen-bond acceptors (Lipinski definition) is 2. The molecular formula is C11H19NO. The van der Waals surface area contributed by atoms with Crippen LogP contribution in [0.3, 0.4) is 0 Å². The van der Waals surface area contributed by atoms with Crippen LogP contribution in [0.4, 0.5) is 0 Å². The fourth-order valence-corrected chi connectivity index (χ4v) is 2.29. The number of carbonyl (C=O) groups excluding carboxylic acids is 1. The number of likely N-dealkylation sites (N-methyl/N-ethyl adjacent to an activating group) is 1. The molecule has 2 nitrogen and oxygen atoms in total. The largest absolute Gasteiger partial charge is 0.298 e. The highest BCUT2D eigenvalue weighted by atomic mass is 16.1. The normalized spacial score (nSPS) is 28.8. The summed E-state index contributed by atoms with van der Waals surface area (Å²) in [6.07, 6.45) is 5.82. The van der Waals surface area contributed by atoms with Gasteiger partial charge in [0.25, 0.3) is 0 Å². The quantitative estimate of drug-likeness (QED) is 0.659. The van der Waals surface area contributed by atoms with Crippen molar-refractivity contribution in [2.24, 2.45) is 5.92 Å². The predicted octanol–water partition coefficient (Wildman–Crippen LogP) is 1.84. The Kier molecular flexibility index (Phi) is 2.68. The molecule has 1 unspecified atom stereocenters. The minimum Gasteiger partial charge on any atom is -0.298 e. The zero-order valence-electron chi connectivity index (χ0n) is 8.46. The Hall–Kier alpha value is -0.370. The Labute approximate surface area is 80.3 Å². The van der Waals surface area contributed by atoms with Gasteiger partial charge in [-0.05, 0) is 38.1 Å². The fraction of sp³-hybridized carbons (Fsp3) is 0.909. The Morgan fingerprint density at radius 1 is 1.38 bits per heavy atom. The molecule has 0 spiro atoms. The molecule has 0 aliphatic heterocycles. The van der Waals surface area contributed by atoms with Crippen molar-refractivity contribution in [2.75, 3.05) is 13.1 Å². The van der Waals surface area contributed by atoms with Crippen LogP contribution >= 0.6 is 0 Å². The molecule has 74 valence electrons. The summed E-state index contributed by atoms with van der Waals surface area (Å²) < 4.78 is 0. The highest BCUT2D eigenvalue weighted by Gasteiger charge is 2.32. The molecule has 0 saturated heterocycles. The fourth-order valence-electron chi connectivity index (χ4n) is 2.29. The van der Waals surface area contributed by atoms with Gasteiger partial charge in [0.1, 0.15) is 5.78 Å². The van der Waals surface area contributed by atoms with Crippen molar-refractivity contribution in [3.8, 4) is 0 Å². The zero-order valence-corrected chi connectivity index (χ0v) is 8.46. The molecule has 0 aromatic carbocycles. The second-order valence-corrected chi connectivity index (χ2v) is 4.41. The molecule has 0 aromatic rings. The number of carbonyl (C=O) groups is 1. The van der Waals surface area contributed by atoms with Crippen LogP contribution in [-0.2, 0) is 4.79 Å². The monoisotopic (exact) mass is 181 g/mol. The lowest BCUT2D eigenvalue weighted by atomic mass is 10.2. The molecule has 2 saturated carbocycles. The van der Waals surface area contributed by atoms with Crippen LogP contribution in [0.2, 0.25) is 0 Å². The summed E-state index contributed by atoms with van der Waals surface area (Å²) in [7, 11) is 0. The summed E-state index contributed by atoms with van der Waals surface area (Å²) in [5, 5.41) is 0. The second kappa shape index (κ2) is 3.79.